The number of rotatable bonds is 2. The lowest BCUT2D eigenvalue weighted by Crippen LogP contribution is -2.37. The number of aliphatic hydroxyl groups is 1. The van der Waals surface area contributed by atoms with Gasteiger partial charge in [-0.3, -0.25) is 4.90 Å². The Kier molecular flexibility index (Phi) is 4.03. The van der Waals surface area contributed by atoms with Crippen LogP contribution in [0.15, 0.2) is 12.1 Å². The van der Waals surface area contributed by atoms with Crippen molar-refractivity contribution in [3.05, 3.63) is 28.0 Å². The maximum absolute atomic E-state index is 9.56. The van der Waals surface area contributed by atoms with Gasteiger partial charge in [-0.05, 0) is 25.5 Å². The Bertz CT molecular complexity index is 373. The third-order valence-corrected chi connectivity index (χ3v) is 3.30. The van der Waals surface area contributed by atoms with Gasteiger partial charge < -0.3 is 5.11 Å². The van der Waals surface area contributed by atoms with Crippen LogP contribution in [0.1, 0.15) is 18.4 Å². The Balaban J connectivity index is 2.02. The molecule has 1 fully saturated rings. The van der Waals surface area contributed by atoms with Crippen LogP contribution in [0.4, 0.5) is 0 Å². The van der Waals surface area contributed by atoms with Crippen LogP contribution in [-0.2, 0) is 6.54 Å². The molecule has 1 saturated heterocycles. The second kappa shape index (κ2) is 5.32. The third-order valence-electron chi connectivity index (χ3n) is 2.77. The molecule has 0 aliphatic carbocycles. The maximum Gasteiger partial charge on any atom is 0.135 e. The standard InChI is InChI=1S/C11H14Cl2N2O/c12-10-4-3-8(11(13)14-10)6-15-5-1-2-9(16)7-15/h3-4,9,16H,1-2,5-7H2. The molecule has 3 nitrogen and oxygen atoms in total. The highest BCUT2D eigenvalue weighted by atomic mass is 35.5. The van der Waals surface area contributed by atoms with Gasteiger partial charge >= 0.3 is 0 Å². The molecule has 0 bridgehead atoms. The summed E-state index contributed by atoms with van der Waals surface area (Å²) in [6, 6.07) is 3.63. The van der Waals surface area contributed by atoms with E-state index in [1.165, 1.54) is 0 Å². The minimum absolute atomic E-state index is 0.215. The zero-order chi connectivity index (χ0) is 11.5. The highest BCUT2D eigenvalue weighted by molar-refractivity contribution is 6.32. The second-order valence-electron chi connectivity index (χ2n) is 4.12. The van der Waals surface area contributed by atoms with E-state index in [-0.39, 0.29) is 6.10 Å². The molecule has 2 heterocycles. The Hall–Kier alpha value is -0.350. The number of nitrogens with zero attached hydrogens (tertiary/aromatic N) is 2. The molecule has 1 atom stereocenters. The summed E-state index contributed by atoms with van der Waals surface area (Å²) in [5.41, 5.74) is 0.958. The van der Waals surface area contributed by atoms with Crippen molar-refractivity contribution in [2.45, 2.75) is 25.5 Å². The van der Waals surface area contributed by atoms with Gasteiger partial charge in [0.1, 0.15) is 10.3 Å². The molecule has 88 valence electrons. The Morgan fingerprint density at radius 3 is 2.94 bits per heavy atom. The van der Waals surface area contributed by atoms with Gasteiger partial charge in [-0.1, -0.05) is 29.3 Å². The highest BCUT2D eigenvalue weighted by Gasteiger charge is 2.18. The number of likely N-dealkylation sites (tertiary alicyclic amines) is 1. The van der Waals surface area contributed by atoms with Crippen molar-refractivity contribution < 1.29 is 5.11 Å². The van der Waals surface area contributed by atoms with Gasteiger partial charge in [0.15, 0.2) is 0 Å². The molecule has 1 aliphatic heterocycles. The SMILES string of the molecule is OC1CCCN(Cc2ccc(Cl)nc2Cl)C1. The molecule has 5 heteroatoms. The Morgan fingerprint density at radius 1 is 1.44 bits per heavy atom. The molecule has 0 spiro atoms. The number of piperidine rings is 1. The van der Waals surface area contributed by atoms with Crippen LogP contribution in [0.2, 0.25) is 10.3 Å². The quantitative estimate of drug-likeness (QED) is 0.830. The monoisotopic (exact) mass is 260 g/mol. The smallest absolute Gasteiger partial charge is 0.135 e. The summed E-state index contributed by atoms with van der Waals surface area (Å²) < 4.78 is 0. The number of pyridine rings is 1. The lowest BCUT2D eigenvalue weighted by Gasteiger charge is -2.30. The van der Waals surface area contributed by atoms with E-state index in [0.29, 0.717) is 16.9 Å². The van der Waals surface area contributed by atoms with Crippen molar-refractivity contribution in [3.8, 4) is 0 Å². The lowest BCUT2D eigenvalue weighted by atomic mass is 10.1. The van der Waals surface area contributed by atoms with Crippen LogP contribution in [0.5, 0.6) is 0 Å². The summed E-state index contributed by atoms with van der Waals surface area (Å²) in [7, 11) is 0. The Labute approximate surface area is 105 Å². The maximum atomic E-state index is 9.56. The number of halogens is 2. The van der Waals surface area contributed by atoms with Crippen molar-refractivity contribution in [2.75, 3.05) is 13.1 Å². The summed E-state index contributed by atoms with van der Waals surface area (Å²) >= 11 is 11.7. The van der Waals surface area contributed by atoms with E-state index >= 15 is 0 Å². The van der Waals surface area contributed by atoms with Crippen molar-refractivity contribution in [2.24, 2.45) is 0 Å². The third kappa shape index (κ3) is 3.08. The second-order valence-corrected chi connectivity index (χ2v) is 4.86. The first-order chi connectivity index (χ1) is 7.65. The largest absolute Gasteiger partial charge is 0.392 e. The van der Waals surface area contributed by atoms with Crippen LogP contribution in [-0.4, -0.2) is 34.2 Å². The summed E-state index contributed by atoms with van der Waals surface area (Å²) in [6.07, 6.45) is 1.70. The molecule has 0 saturated carbocycles. The van der Waals surface area contributed by atoms with Crippen LogP contribution < -0.4 is 0 Å². The average Bonchev–Trinajstić information content (AvgIpc) is 2.22. The van der Waals surface area contributed by atoms with Crippen LogP contribution in [0.25, 0.3) is 0 Å². The van der Waals surface area contributed by atoms with Gasteiger partial charge in [-0.2, -0.15) is 0 Å². The molecular weight excluding hydrogens is 247 g/mol. The fourth-order valence-electron chi connectivity index (χ4n) is 1.97. The van der Waals surface area contributed by atoms with E-state index in [9.17, 15) is 5.11 Å². The molecular formula is C11H14Cl2N2O. The highest BCUT2D eigenvalue weighted by Crippen LogP contribution is 2.20. The molecule has 1 aromatic rings. The molecule has 0 aromatic carbocycles. The number of aromatic nitrogens is 1. The molecule has 1 aliphatic rings. The number of hydrogen-bond acceptors (Lipinski definition) is 3. The summed E-state index contributed by atoms with van der Waals surface area (Å²) in [4.78, 5) is 6.19. The van der Waals surface area contributed by atoms with Crippen molar-refractivity contribution >= 4 is 23.2 Å². The van der Waals surface area contributed by atoms with Gasteiger partial charge in [0, 0.05) is 18.7 Å². The minimum Gasteiger partial charge on any atom is -0.392 e. The van der Waals surface area contributed by atoms with E-state index in [0.717, 1.165) is 31.5 Å². The first kappa shape index (κ1) is 12.1. The van der Waals surface area contributed by atoms with E-state index in [1.807, 2.05) is 6.07 Å². The molecule has 1 N–H and O–H groups in total. The number of β-amino-alcohol motifs (C(OH)–C–C–N with tert-alkyl or cyclic N) is 1. The van der Waals surface area contributed by atoms with Gasteiger partial charge in [0.05, 0.1) is 6.10 Å². The molecule has 1 unspecified atom stereocenters. The molecule has 0 radical (unpaired) electrons. The number of hydrogen-bond donors (Lipinski definition) is 1. The fraction of sp³-hybridized carbons (Fsp3) is 0.545. The average molecular weight is 261 g/mol. The zero-order valence-electron chi connectivity index (χ0n) is 8.87. The Morgan fingerprint density at radius 2 is 2.25 bits per heavy atom. The van der Waals surface area contributed by atoms with Gasteiger partial charge in [0.25, 0.3) is 0 Å². The minimum atomic E-state index is -0.215. The van der Waals surface area contributed by atoms with Gasteiger partial charge in [-0.15, -0.1) is 0 Å². The summed E-state index contributed by atoms with van der Waals surface area (Å²) in [5.74, 6) is 0. The van der Waals surface area contributed by atoms with Gasteiger partial charge in [0.2, 0.25) is 0 Å². The van der Waals surface area contributed by atoms with E-state index in [4.69, 9.17) is 23.2 Å². The first-order valence-electron chi connectivity index (χ1n) is 5.36. The topological polar surface area (TPSA) is 36.4 Å². The molecule has 1 aromatic heterocycles. The fourth-order valence-corrected chi connectivity index (χ4v) is 2.38. The van der Waals surface area contributed by atoms with Crippen LogP contribution in [0.3, 0.4) is 0 Å². The first-order valence-corrected chi connectivity index (χ1v) is 6.12. The van der Waals surface area contributed by atoms with Crippen LogP contribution >= 0.6 is 23.2 Å². The zero-order valence-corrected chi connectivity index (χ0v) is 10.4. The van der Waals surface area contributed by atoms with Crippen molar-refractivity contribution in [1.29, 1.82) is 0 Å². The number of aliphatic hydroxyl groups excluding tert-OH is 1. The van der Waals surface area contributed by atoms with Crippen LogP contribution in [0, 0.1) is 0 Å². The molecule has 0 amide bonds. The van der Waals surface area contributed by atoms with E-state index in [1.54, 1.807) is 6.07 Å². The van der Waals surface area contributed by atoms with Crippen molar-refractivity contribution in [1.82, 2.24) is 9.88 Å². The predicted octanol–water partition coefficient (Wildman–Crippen LogP) is 2.35. The normalized spacial score (nSPS) is 22.3. The lowest BCUT2D eigenvalue weighted by molar-refractivity contribution is 0.0668. The van der Waals surface area contributed by atoms with E-state index in [2.05, 4.69) is 9.88 Å². The molecule has 2 rings (SSSR count). The molecule has 16 heavy (non-hydrogen) atoms. The van der Waals surface area contributed by atoms with Gasteiger partial charge in [-0.25, -0.2) is 4.98 Å². The van der Waals surface area contributed by atoms with E-state index < -0.39 is 0 Å². The van der Waals surface area contributed by atoms with Crippen molar-refractivity contribution in [3.63, 3.8) is 0 Å². The summed E-state index contributed by atoms with van der Waals surface area (Å²) in [6.45, 7) is 2.43. The predicted molar refractivity (Wildman–Crippen MR) is 64.8 cm³/mol. The summed E-state index contributed by atoms with van der Waals surface area (Å²) in [5, 5.41) is 10.4.